The van der Waals surface area contributed by atoms with Crippen LogP contribution < -0.4 is 10.7 Å². The first-order valence-corrected chi connectivity index (χ1v) is 21.2. The van der Waals surface area contributed by atoms with E-state index < -0.39 is 63.4 Å². The minimum absolute atomic E-state index is 0.00751. The third-order valence-corrected chi connectivity index (χ3v) is 13.3. The van der Waals surface area contributed by atoms with E-state index in [9.17, 15) is 36.7 Å². The number of carbonyl (C=O) groups is 3. The largest absolute Gasteiger partial charge is 0.390 e. The van der Waals surface area contributed by atoms with Crippen LogP contribution in [0.15, 0.2) is 0 Å². The fraction of sp³-hybridized carbons (Fsp3) is 0.919. The highest BCUT2D eigenvalue weighted by Crippen LogP contribution is 2.37. The second-order valence-electron chi connectivity index (χ2n) is 15.8. The molecule has 0 radical (unpaired) electrons. The van der Waals surface area contributed by atoms with Crippen LogP contribution in [0.25, 0.3) is 0 Å². The lowest BCUT2D eigenvalue weighted by atomic mass is 9.79. The maximum absolute atomic E-state index is 14.5. The number of carbonyl (C=O) groups excluding carboxylic acids is 3. The Bertz CT molecular complexity index is 1190. The second-order valence-corrected chi connectivity index (χ2v) is 18.2. The molecule has 0 spiro atoms. The maximum Gasteiger partial charge on any atom is 0.234 e. The Balaban J connectivity index is 1.83. The Labute approximate surface area is 306 Å². The van der Waals surface area contributed by atoms with Crippen molar-refractivity contribution >= 4 is 27.7 Å². The minimum atomic E-state index is -3.80. The fourth-order valence-electron chi connectivity index (χ4n) is 8.50. The van der Waals surface area contributed by atoms with Crippen LogP contribution in [0.5, 0.6) is 0 Å². The lowest BCUT2D eigenvalue weighted by Crippen LogP contribution is -2.55. The predicted molar refractivity (Wildman–Crippen MR) is 195 cm³/mol. The summed E-state index contributed by atoms with van der Waals surface area (Å²) in [5.41, 5.74) is 2.96. The first-order chi connectivity index (χ1) is 24.2. The number of amides is 3. The number of sulfonamides is 1. The lowest BCUT2D eigenvalue weighted by molar-refractivity contribution is -0.138. The molecule has 3 aliphatic rings. The van der Waals surface area contributed by atoms with Gasteiger partial charge in [-0.15, -0.1) is 0 Å². The number of alkyl halides is 2. The zero-order valence-corrected chi connectivity index (χ0v) is 32.6. The number of hydrogen-bond acceptors (Lipinski definition) is 7. The van der Waals surface area contributed by atoms with Crippen molar-refractivity contribution in [3.8, 4) is 0 Å². The minimum Gasteiger partial charge on any atom is -0.390 e. The summed E-state index contributed by atoms with van der Waals surface area (Å²) in [5.74, 6) is -2.37. The molecule has 296 valence electrons. The number of rotatable bonds is 19. The van der Waals surface area contributed by atoms with Crippen molar-refractivity contribution in [1.29, 1.82) is 0 Å². The smallest absolute Gasteiger partial charge is 0.234 e. The number of hydrazine groups is 1. The Hall–Kier alpha value is -1.90. The van der Waals surface area contributed by atoms with Crippen LogP contribution in [0.2, 0.25) is 0 Å². The number of hydrogen-bond donors (Lipinski definition) is 3. The normalized spacial score (nSPS) is 27.6. The highest BCUT2D eigenvalue weighted by Gasteiger charge is 2.44. The van der Waals surface area contributed by atoms with Crippen molar-refractivity contribution in [2.75, 3.05) is 40.3 Å². The summed E-state index contributed by atoms with van der Waals surface area (Å²) in [6.45, 7) is 7.44. The molecule has 51 heavy (non-hydrogen) atoms. The van der Waals surface area contributed by atoms with Crippen molar-refractivity contribution in [2.45, 2.75) is 153 Å². The monoisotopic (exact) mass is 747 g/mol. The number of aliphatic hydroxyl groups is 1. The van der Waals surface area contributed by atoms with Gasteiger partial charge in [-0.25, -0.2) is 26.5 Å². The SMILES string of the molecule is CCCN(CC(O)C(CC1CC(F)CC(F)C1)NC(=O)C1CC(C(=O)N(CCC)CCC)CC(S(=O)(=O)N(C)C)C1)NC(=O)CC1CCCCC1. The van der Waals surface area contributed by atoms with Crippen LogP contribution >= 0.6 is 0 Å². The number of aliphatic hydroxyl groups excluding tert-OH is 1. The molecule has 3 amide bonds. The summed E-state index contributed by atoms with van der Waals surface area (Å²) in [6, 6.07) is -0.911. The summed E-state index contributed by atoms with van der Waals surface area (Å²) in [4.78, 5) is 42.7. The molecular formula is C37H67F2N5O6S. The molecule has 3 fully saturated rings. The van der Waals surface area contributed by atoms with Crippen molar-refractivity contribution in [1.82, 2.24) is 25.0 Å². The van der Waals surface area contributed by atoms with Gasteiger partial charge in [0.2, 0.25) is 27.7 Å². The molecule has 0 aliphatic heterocycles. The molecule has 0 aromatic heterocycles. The lowest BCUT2D eigenvalue weighted by Gasteiger charge is -2.38. The van der Waals surface area contributed by atoms with E-state index in [1.54, 1.807) is 9.91 Å². The Kier molecular flexibility index (Phi) is 18.0. The van der Waals surface area contributed by atoms with Gasteiger partial charge in [0.25, 0.3) is 0 Å². The second kappa shape index (κ2) is 21.1. The third-order valence-electron chi connectivity index (χ3n) is 11.1. The van der Waals surface area contributed by atoms with E-state index in [4.69, 9.17) is 0 Å². The van der Waals surface area contributed by atoms with Crippen molar-refractivity contribution in [3.63, 3.8) is 0 Å². The standard InChI is InChI=1S/C37H67F2N5O6S/c1-6-14-43(15-7-2)37(48)29-21-28(22-32(23-29)51(49,50)42(4)5)36(47)40-33(19-27-17-30(38)24-31(39)18-27)34(45)25-44(16-8-3)41-35(46)20-26-12-10-9-11-13-26/h26-34,45H,6-25H2,1-5H3,(H,40,47)(H,41,46). The van der Waals surface area contributed by atoms with Gasteiger partial charge in [0.15, 0.2) is 0 Å². The molecule has 0 aromatic rings. The highest BCUT2D eigenvalue weighted by atomic mass is 32.2. The topological polar surface area (TPSA) is 139 Å². The molecule has 3 saturated carbocycles. The summed E-state index contributed by atoms with van der Waals surface area (Å²) in [7, 11) is -0.917. The van der Waals surface area contributed by atoms with Crippen molar-refractivity contribution in [2.24, 2.45) is 23.7 Å². The summed E-state index contributed by atoms with van der Waals surface area (Å²) < 4.78 is 57.0. The maximum atomic E-state index is 14.5. The van der Waals surface area contributed by atoms with E-state index >= 15 is 0 Å². The third kappa shape index (κ3) is 13.5. The van der Waals surface area contributed by atoms with E-state index in [1.807, 2.05) is 20.8 Å². The van der Waals surface area contributed by atoms with E-state index in [2.05, 4.69) is 10.7 Å². The zero-order chi connectivity index (χ0) is 37.7. The molecule has 0 saturated heterocycles. The van der Waals surface area contributed by atoms with Crippen LogP contribution in [0.4, 0.5) is 8.78 Å². The van der Waals surface area contributed by atoms with Gasteiger partial charge in [-0.3, -0.25) is 19.8 Å². The van der Waals surface area contributed by atoms with E-state index in [1.165, 1.54) is 20.5 Å². The number of nitrogens with one attached hydrogen (secondary N) is 2. The van der Waals surface area contributed by atoms with Crippen molar-refractivity contribution < 1.29 is 36.7 Å². The van der Waals surface area contributed by atoms with Crippen LogP contribution in [-0.2, 0) is 24.4 Å². The van der Waals surface area contributed by atoms with Crippen LogP contribution in [0.3, 0.4) is 0 Å². The van der Waals surface area contributed by atoms with Gasteiger partial charge in [-0.2, -0.15) is 0 Å². The van der Waals surface area contributed by atoms with Gasteiger partial charge in [0.1, 0.15) is 12.3 Å². The average molecular weight is 748 g/mol. The van der Waals surface area contributed by atoms with Gasteiger partial charge < -0.3 is 15.3 Å². The molecule has 3 rings (SSSR count). The van der Waals surface area contributed by atoms with Gasteiger partial charge >= 0.3 is 0 Å². The van der Waals surface area contributed by atoms with Gasteiger partial charge in [0, 0.05) is 65.0 Å². The quantitative estimate of drug-likeness (QED) is 0.162. The van der Waals surface area contributed by atoms with Crippen LogP contribution in [0.1, 0.15) is 124 Å². The summed E-state index contributed by atoms with van der Waals surface area (Å²) in [5, 5.41) is 15.4. The molecule has 14 heteroatoms. The van der Waals surface area contributed by atoms with Gasteiger partial charge in [0.05, 0.1) is 17.4 Å². The highest BCUT2D eigenvalue weighted by molar-refractivity contribution is 7.89. The molecule has 0 bridgehead atoms. The molecule has 3 N–H and O–H groups in total. The van der Waals surface area contributed by atoms with Crippen molar-refractivity contribution in [3.05, 3.63) is 0 Å². The van der Waals surface area contributed by atoms with E-state index in [0.717, 1.165) is 42.8 Å². The number of nitrogens with zero attached hydrogens (tertiary/aromatic N) is 3. The molecular weight excluding hydrogens is 680 g/mol. The average Bonchev–Trinajstić information content (AvgIpc) is 3.07. The van der Waals surface area contributed by atoms with Gasteiger partial charge in [-0.1, -0.05) is 40.0 Å². The Morgan fingerprint density at radius 2 is 1.39 bits per heavy atom. The molecule has 0 aromatic carbocycles. The predicted octanol–water partition coefficient (Wildman–Crippen LogP) is 4.74. The molecule has 7 unspecified atom stereocenters. The van der Waals surface area contributed by atoms with E-state index in [-0.39, 0.29) is 63.3 Å². The summed E-state index contributed by atoms with van der Waals surface area (Å²) >= 11 is 0. The fourth-order valence-corrected chi connectivity index (χ4v) is 10.0. The zero-order valence-electron chi connectivity index (χ0n) is 31.8. The van der Waals surface area contributed by atoms with Crippen LogP contribution in [0, 0.1) is 23.7 Å². The molecule has 3 aliphatic carbocycles. The summed E-state index contributed by atoms with van der Waals surface area (Å²) in [6.07, 6.45) is 4.69. The van der Waals surface area contributed by atoms with Crippen LogP contribution in [-0.4, -0.2) is 115 Å². The Morgan fingerprint density at radius 1 is 0.804 bits per heavy atom. The molecule has 0 heterocycles. The molecule has 11 nitrogen and oxygen atoms in total. The molecule has 7 atom stereocenters. The Morgan fingerprint density at radius 3 is 1.96 bits per heavy atom. The van der Waals surface area contributed by atoms with Gasteiger partial charge in [-0.05, 0) is 82.5 Å². The van der Waals surface area contributed by atoms with E-state index in [0.29, 0.717) is 38.4 Å². The number of halogens is 2. The first kappa shape index (κ1) is 43.5. The first-order valence-electron chi connectivity index (χ1n) is 19.7.